The second-order valence-corrected chi connectivity index (χ2v) is 7.37. The second kappa shape index (κ2) is 7.98. The minimum Gasteiger partial charge on any atom is -0.204 e. The molecular weight excluding hydrogens is 350 g/mol. The average molecular weight is 372 g/mol. The minimum atomic E-state index is -0.884. The molecule has 0 spiro atoms. The summed E-state index contributed by atoms with van der Waals surface area (Å²) >= 11 is 0. The van der Waals surface area contributed by atoms with Crippen molar-refractivity contribution >= 4 is 0 Å². The van der Waals surface area contributed by atoms with E-state index in [4.69, 9.17) is 0 Å². The van der Waals surface area contributed by atoms with Gasteiger partial charge in [-0.1, -0.05) is 55.2 Å². The summed E-state index contributed by atoms with van der Waals surface area (Å²) in [7, 11) is 0. The van der Waals surface area contributed by atoms with Crippen LogP contribution in [0.1, 0.15) is 52.6 Å². The van der Waals surface area contributed by atoms with E-state index in [0.717, 1.165) is 37.3 Å². The molecule has 28 heavy (non-hydrogen) atoms. The fourth-order valence-electron chi connectivity index (χ4n) is 3.88. The smallest absolute Gasteiger partial charge is 0.174 e. The van der Waals surface area contributed by atoms with E-state index in [1.54, 1.807) is 0 Å². The summed E-state index contributed by atoms with van der Waals surface area (Å²) in [6, 6.07) is 19.3. The third kappa shape index (κ3) is 3.85. The molecule has 1 aliphatic carbocycles. The van der Waals surface area contributed by atoms with Gasteiger partial charge in [0.05, 0.1) is 5.56 Å². The summed E-state index contributed by atoms with van der Waals surface area (Å²) in [6.45, 7) is 2.18. The van der Waals surface area contributed by atoms with Crippen molar-refractivity contribution in [2.75, 3.05) is 0 Å². The fourth-order valence-corrected chi connectivity index (χ4v) is 3.88. The largest absolute Gasteiger partial charge is 0.204 e. The van der Waals surface area contributed by atoms with Crippen molar-refractivity contribution in [3.63, 3.8) is 0 Å². The third-order valence-corrected chi connectivity index (χ3v) is 5.59. The van der Waals surface area contributed by atoms with Gasteiger partial charge in [-0.05, 0) is 78.1 Å². The lowest BCUT2D eigenvalue weighted by Gasteiger charge is -2.25. The van der Waals surface area contributed by atoms with E-state index in [-0.39, 0.29) is 5.56 Å². The number of halogens is 2. The average Bonchev–Trinajstić information content (AvgIpc) is 2.74. The van der Waals surface area contributed by atoms with Crippen molar-refractivity contribution in [1.82, 2.24) is 0 Å². The molecule has 3 aromatic carbocycles. The Labute approximate surface area is 165 Å². The lowest BCUT2D eigenvalue weighted by Crippen LogP contribution is -2.13. The van der Waals surface area contributed by atoms with Crippen LogP contribution in [0.2, 0.25) is 0 Å². The molecule has 4 rings (SSSR count). The molecule has 0 radical (unpaired) electrons. The molecule has 0 saturated carbocycles. The summed E-state index contributed by atoms with van der Waals surface area (Å²) in [5.74, 6) is 4.54. The summed E-state index contributed by atoms with van der Waals surface area (Å²) in [4.78, 5) is 0. The van der Waals surface area contributed by atoms with Gasteiger partial charge in [0.2, 0.25) is 0 Å². The maximum absolute atomic E-state index is 13.8. The molecule has 0 N–H and O–H groups in total. The van der Waals surface area contributed by atoms with Crippen molar-refractivity contribution in [1.29, 1.82) is 0 Å². The predicted molar refractivity (Wildman–Crippen MR) is 109 cm³/mol. The van der Waals surface area contributed by atoms with Gasteiger partial charge >= 0.3 is 0 Å². The Hall–Kier alpha value is -2.92. The quantitative estimate of drug-likeness (QED) is 0.470. The number of hydrogen-bond acceptors (Lipinski definition) is 0. The highest BCUT2D eigenvalue weighted by molar-refractivity contribution is 5.47. The Balaban J connectivity index is 1.53. The molecular formula is C26H22F2. The Kier molecular flexibility index (Phi) is 5.26. The van der Waals surface area contributed by atoms with Crippen molar-refractivity contribution in [3.8, 4) is 11.8 Å². The van der Waals surface area contributed by atoms with Gasteiger partial charge in [-0.3, -0.25) is 0 Å². The molecule has 0 fully saturated rings. The van der Waals surface area contributed by atoms with Crippen LogP contribution in [0.25, 0.3) is 0 Å². The van der Waals surface area contributed by atoms with Gasteiger partial charge in [-0.15, -0.1) is 0 Å². The zero-order valence-electron chi connectivity index (χ0n) is 15.9. The van der Waals surface area contributed by atoms with Gasteiger partial charge in [-0.2, -0.15) is 0 Å². The zero-order chi connectivity index (χ0) is 19.5. The van der Waals surface area contributed by atoms with Crippen LogP contribution < -0.4 is 0 Å². The van der Waals surface area contributed by atoms with Gasteiger partial charge in [0.15, 0.2) is 11.6 Å². The van der Waals surface area contributed by atoms with Crippen LogP contribution in [-0.4, -0.2) is 0 Å². The molecule has 0 saturated heterocycles. The van der Waals surface area contributed by atoms with Crippen LogP contribution in [0.15, 0.2) is 60.7 Å². The molecule has 0 aromatic heterocycles. The topological polar surface area (TPSA) is 0 Å². The van der Waals surface area contributed by atoms with Gasteiger partial charge in [0, 0.05) is 5.56 Å². The van der Waals surface area contributed by atoms with E-state index < -0.39 is 11.6 Å². The van der Waals surface area contributed by atoms with Crippen molar-refractivity contribution in [2.24, 2.45) is 0 Å². The highest BCUT2D eigenvalue weighted by Crippen LogP contribution is 2.33. The summed E-state index contributed by atoms with van der Waals surface area (Å²) in [5.41, 5.74) is 6.39. The summed E-state index contributed by atoms with van der Waals surface area (Å²) < 4.78 is 27.1. The number of fused-ring (bicyclic) bond motifs is 1. The molecule has 3 aromatic rings. The third-order valence-electron chi connectivity index (χ3n) is 5.59. The Bertz CT molecular complexity index is 1050. The standard InChI is InChI=1S/C26H22F2/c1-2-18-6-10-20(11-7-18)23-15-14-22-16-19(9-13-24(22)17-23)8-12-21-4-3-5-25(27)26(21)28/h3-7,9-11,13,16,23H,2,14-15,17H2,1H3. The van der Waals surface area contributed by atoms with Crippen molar-refractivity contribution in [3.05, 3.63) is 106 Å². The zero-order valence-corrected chi connectivity index (χ0v) is 15.9. The van der Waals surface area contributed by atoms with E-state index in [1.807, 2.05) is 6.07 Å². The Morgan fingerprint density at radius 3 is 2.54 bits per heavy atom. The molecule has 0 bridgehead atoms. The monoisotopic (exact) mass is 372 g/mol. The number of rotatable bonds is 2. The number of aryl methyl sites for hydroxylation is 2. The maximum Gasteiger partial charge on any atom is 0.174 e. The SMILES string of the molecule is CCc1ccc(C2CCc3cc(C#Cc4cccc(F)c4F)ccc3C2)cc1. The van der Waals surface area contributed by atoms with Crippen molar-refractivity contribution in [2.45, 2.75) is 38.5 Å². The van der Waals surface area contributed by atoms with Crippen LogP contribution in [0.5, 0.6) is 0 Å². The maximum atomic E-state index is 13.8. The van der Waals surface area contributed by atoms with Crippen LogP contribution in [-0.2, 0) is 19.3 Å². The van der Waals surface area contributed by atoms with E-state index in [0.29, 0.717) is 5.92 Å². The van der Waals surface area contributed by atoms with E-state index >= 15 is 0 Å². The van der Waals surface area contributed by atoms with Gasteiger partial charge < -0.3 is 0 Å². The van der Waals surface area contributed by atoms with Crippen LogP contribution in [0, 0.1) is 23.5 Å². The Morgan fingerprint density at radius 1 is 0.929 bits per heavy atom. The highest BCUT2D eigenvalue weighted by atomic mass is 19.2. The molecule has 1 aliphatic rings. The molecule has 1 unspecified atom stereocenters. The first-order valence-electron chi connectivity index (χ1n) is 9.80. The highest BCUT2D eigenvalue weighted by Gasteiger charge is 2.20. The van der Waals surface area contributed by atoms with Gasteiger partial charge in [0.25, 0.3) is 0 Å². The number of hydrogen-bond donors (Lipinski definition) is 0. The first-order chi connectivity index (χ1) is 13.6. The lowest BCUT2D eigenvalue weighted by molar-refractivity contribution is 0.506. The molecule has 140 valence electrons. The van der Waals surface area contributed by atoms with E-state index in [9.17, 15) is 8.78 Å². The van der Waals surface area contributed by atoms with E-state index in [1.165, 1.54) is 34.4 Å². The molecule has 0 aliphatic heterocycles. The molecule has 2 heteroatoms. The van der Waals surface area contributed by atoms with Gasteiger partial charge in [-0.25, -0.2) is 8.78 Å². The molecule has 1 atom stereocenters. The van der Waals surface area contributed by atoms with Crippen LogP contribution in [0.3, 0.4) is 0 Å². The van der Waals surface area contributed by atoms with Gasteiger partial charge in [0.1, 0.15) is 0 Å². The Morgan fingerprint density at radius 2 is 1.75 bits per heavy atom. The second-order valence-electron chi connectivity index (χ2n) is 7.37. The molecule has 0 heterocycles. The van der Waals surface area contributed by atoms with Crippen LogP contribution in [0.4, 0.5) is 8.78 Å². The predicted octanol–water partition coefficient (Wildman–Crippen LogP) is 6.20. The molecule has 0 amide bonds. The lowest BCUT2D eigenvalue weighted by atomic mass is 9.79. The van der Waals surface area contributed by atoms with Crippen LogP contribution >= 0.6 is 0 Å². The normalized spacial score (nSPS) is 15.5. The summed E-state index contributed by atoms with van der Waals surface area (Å²) in [6.07, 6.45) is 4.23. The first-order valence-corrected chi connectivity index (χ1v) is 9.80. The summed E-state index contributed by atoms with van der Waals surface area (Å²) in [5, 5.41) is 0. The van der Waals surface area contributed by atoms with Crippen molar-refractivity contribution < 1.29 is 8.78 Å². The molecule has 0 nitrogen and oxygen atoms in total. The fraction of sp³-hybridized carbons (Fsp3) is 0.231. The number of benzene rings is 3. The van der Waals surface area contributed by atoms with E-state index in [2.05, 4.69) is 55.2 Å². The first kappa shape index (κ1) is 18.4. The minimum absolute atomic E-state index is 0.0910.